The van der Waals surface area contributed by atoms with Gasteiger partial charge >= 0.3 is 11.9 Å². The molecule has 0 radical (unpaired) electrons. The molecule has 46 heavy (non-hydrogen) atoms. The molecule has 16 nitrogen and oxygen atoms in total. The van der Waals surface area contributed by atoms with Crippen LogP contribution in [-0.2, 0) is 31.9 Å². The summed E-state index contributed by atoms with van der Waals surface area (Å²) >= 11 is 0. The summed E-state index contributed by atoms with van der Waals surface area (Å²) in [4.78, 5) is 23.2. The maximum absolute atomic E-state index is 11.6. The van der Waals surface area contributed by atoms with Crippen LogP contribution in [0.3, 0.4) is 0 Å². The van der Waals surface area contributed by atoms with Crippen molar-refractivity contribution < 1.29 is 79.6 Å². The average Bonchev–Trinajstić information content (AvgIpc) is 3.00. The summed E-state index contributed by atoms with van der Waals surface area (Å²) in [5.74, 6) is -4.20. The number of carboxylic acid groups (broad SMARTS) is 2. The van der Waals surface area contributed by atoms with Crippen LogP contribution in [0.25, 0.3) is 0 Å². The molecule has 10 N–H and O–H groups in total. The van der Waals surface area contributed by atoms with E-state index in [0.717, 1.165) is 5.56 Å². The number of ether oxygens (including phenoxy) is 4. The molecule has 254 valence electrons. The third kappa shape index (κ3) is 7.62. The van der Waals surface area contributed by atoms with E-state index in [9.17, 15) is 60.7 Å². The van der Waals surface area contributed by atoms with E-state index in [1.165, 1.54) is 24.3 Å². The number of phenols is 2. The zero-order valence-corrected chi connectivity index (χ0v) is 24.7. The highest BCUT2D eigenvalue weighted by atomic mass is 16.7. The van der Waals surface area contributed by atoms with Crippen LogP contribution in [0.1, 0.15) is 25.0 Å². The molecule has 0 amide bonds. The molecule has 2 fully saturated rings. The van der Waals surface area contributed by atoms with Gasteiger partial charge in [0, 0.05) is 0 Å². The lowest BCUT2D eigenvalue weighted by Gasteiger charge is -2.40. The lowest BCUT2D eigenvalue weighted by molar-refractivity contribution is -0.276. The minimum atomic E-state index is -1.99. The monoisotopic (exact) mass is 654 g/mol. The van der Waals surface area contributed by atoms with Gasteiger partial charge in [-0.15, -0.1) is 0 Å². The van der Waals surface area contributed by atoms with Gasteiger partial charge in [-0.05, 0) is 60.1 Å². The van der Waals surface area contributed by atoms with Crippen molar-refractivity contribution in [1.29, 1.82) is 0 Å². The second-order valence-electron chi connectivity index (χ2n) is 11.7. The molecule has 2 aliphatic rings. The lowest BCUT2D eigenvalue weighted by atomic mass is 9.85. The van der Waals surface area contributed by atoms with Crippen molar-refractivity contribution >= 4 is 11.9 Å². The minimum absolute atomic E-state index is 0.00287. The SMILES string of the molecule is CC(Cc1ccc(O)c(O)c1)C(C)Cc1ccc(O[C@@H]2O[C@H](C(=O)O)[C@@H](O)[C@@H](O)[C@H]2O)c(OC2O[C@H](C(=O)O)[C@@H](O)[C@H](O)[C@H]2O)c1. The van der Waals surface area contributed by atoms with E-state index in [1.807, 2.05) is 13.8 Å². The third-order valence-corrected chi connectivity index (χ3v) is 8.25. The smallest absolute Gasteiger partial charge is 0.335 e. The Balaban J connectivity index is 1.61. The molecule has 4 rings (SSSR count). The standard InChI is InChI=1S/C30H38O16/c1-11(7-13-3-5-15(31)16(32)9-13)12(2)8-14-4-6-17(43-29-23(37)19(33)21(35)25(45-29)27(39)40)18(10-14)44-30-24(38)20(34)22(36)26(46-30)28(41)42/h3-6,9-12,19-26,29-38H,7-8H2,1-2H3,(H,39,40)(H,41,42)/t11?,12?,19-,20+,21+,22+,23-,24-,25+,26+,29-,30?/m1/s1. The summed E-state index contributed by atoms with van der Waals surface area (Å²) in [5, 5.41) is 99.7. The molecule has 2 aliphatic heterocycles. The number of aliphatic carboxylic acids is 2. The Labute approximate surface area is 262 Å². The number of hydrogen-bond acceptors (Lipinski definition) is 14. The quantitative estimate of drug-likeness (QED) is 0.126. The van der Waals surface area contributed by atoms with Gasteiger partial charge in [0.15, 0.2) is 35.2 Å². The fraction of sp³-hybridized carbons (Fsp3) is 0.533. The highest BCUT2D eigenvalue weighted by Crippen LogP contribution is 2.36. The van der Waals surface area contributed by atoms with E-state index >= 15 is 0 Å². The predicted octanol–water partition coefficient (Wildman–Crippen LogP) is -1.30. The molecule has 2 heterocycles. The Kier molecular flexibility index (Phi) is 11.0. The highest BCUT2D eigenvalue weighted by Gasteiger charge is 2.50. The summed E-state index contributed by atoms with van der Waals surface area (Å²) in [5.41, 5.74) is 1.41. The van der Waals surface area contributed by atoms with Gasteiger partial charge < -0.3 is 70.0 Å². The van der Waals surface area contributed by atoms with Gasteiger partial charge in [-0.1, -0.05) is 26.0 Å². The topological polar surface area (TPSA) is 273 Å². The van der Waals surface area contributed by atoms with Crippen LogP contribution < -0.4 is 9.47 Å². The largest absolute Gasteiger partial charge is 0.504 e. The average molecular weight is 655 g/mol. The fourth-order valence-electron chi connectivity index (χ4n) is 5.26. The lowest BCUT2D eigenvalue weighted by Crippen LogP contribution is -2.61. The Morgan fingerprint density at radius 1 is 0.630 bits per heavy atom. The maximum Gasteiger partial charge on any atom is 0.335 e. The van der Waals surface area contributed by atoms with Crippen LogP contribution >= 0.6 is 0 Å². The molecule has 0 bridgehead atoms. The van der Waals surface area contributed by atoms with Gasteiger partial charge in [0.1, 0.15) is 36.6 Å². The predicted molar refractivity (Wildman–Crippen MR) is 152 cm³/mol. The van der Waals surface area contributed by atoms with Gasteiger partial charge in [0.2, 0.25) is 12.6 Å². The first-order valence-electron chi connectivity index (χ1n) is 14.4. The highest BCUT2D eigenvalue weighted by molar-refractivity contribution is 5.74. The molecule has 3 unspecified atom stereocenters. The molecular weight excluding hydrogens is 616 g/mol. The first-order chi connectivity index (χ1) is 21.6. The van der Waals surface area contributed by atoms with Crippen molar-refractivity contribution in [2.75, 3.05) is 0 Å². The first kappa shape index (κ1) is 35.1. The maximum atomic E-state index is 11.6. The van der Waals surface area contributed by atoms with Crippen molar-refractivity contribution in [2.24, 2.45) is 11.8 Å². The number of aliphatic hydroxyl groups is 6. The number of carbonyl (C=O) groups is 2. The second kappa shape index (κ2) is 14.4. The zero-order chi connectivity index (χ0) is 34.0. The first-order valence-corrected chi connectivity index (χ1v) is 14.4. The van der Waals surface area contributed by atoms with Crippen LogP contribution in [0.15, 0.2) is 36.4 Å². The number of carboxylic acids is 2. The number of rotatable bonds is 11. The van der Waals surface area contributed by atoms with E-state index < -0.39 is 73.4 Å². The van der Waals surface area contributed by atoms with Crippen molar-refractivity contribution in [3.63, 3.8) is 0 Å². The summed E-state index contributed by atoms with van der Waals surface area (Å²) in [6.45, 7) is 3.94. The molecule has 0 saturated carbocycles. The summed E-state index contributed by atoms with van der Waals surface area (Å²) in [6.07, 6.45) is -18.5. The number of hydrogen-bond donors (Lipinski definition) is 10. The van der Waals surface area contributed by atoms with Crippen LogP contribution in [0.4, 0.5) is 0 Å². The Morgan fingerprint density at radius 3 is 1.52 bits per heavy atom. The number of phenolic OH excluding ortho intramolecular Hbond substituents is 2. The second-order valence-corrected chi connectivity index (χ2v) is 11.7. The van der Waals surface area contributed by atoms with E-state index in [1.54, 1.807) is 12.1 Å². The van der Waals surface area contributed by atoms with Gasteiger partial charge in [-0.3, -0.25) is 0 Å². The van der Waals surface area contributed by atoms with Gasteiger partial charge in [-0.25, -0.2) is 9.59 Å². The Hall–Kier alpha value is -3.74. The van der Waals surface area contributed by atoms with E-state index in [-0.39, 0.29) is 34.8 Å². The van der Waals surface area contributed by atoms with E-state index in [0.29, 0.717) is 18.4 Å². The molecule has 0 spiro atoms. The van der Waals surface area contributed by atoms with Crippen molar-refractivity contribution in [1.82, 2.24) is 0 Å². The molecular formula is C30H38O16. The molecule has 2 aromatic carbocycles. The van der Waals surface area contributed by atoms with Crippen LogP contribution in [0.5, 0.6) is 23.0 Å². The van der Waals surface area contributed by atoms with Crippen LogP contribution in [0.2, 0.25) is 0 Å². The Bertz CT molecular complexity index is 1380. The van der Waals surface area contributed by atoms with E-state index in [4.69, 9.17) is 18.9 Å². The number of aromatic hydroxyl groups is 2. The van der Waals surface area contributed by atoms with Crippen molar-refractivity contribution in [2.45, 2.75) is 88.1 Å². The van der Waals surface area contributed by atoms with E-state index in [2.05, 4.69) is 0 Å². The zero-order valence-electron chi connectivity index (χ0n) is 24.7. The summed E-state index contributed by atoms with van der Waals surface area (Å²) < 4.78 is 21.8. The Morgan fingerprint density at radius 2 is 1.07 bits per heavy atom. The summed E-state index contributed by atoms with van der Waals surface area (Å²) in [6, 6.07) is 8.93. The number of benzene rings is 2. The molecule has 16 heteroatoms. The molecule has 12 atom stereocenters. The van der Waals surface area contributed by atoms with Crippen molar-refractivity contribution in [3.05, 3.63) is 47.5 Å². The normalized spacial score (nSPS) is 32.7. The summed E-state index contributed by atoms with van der Waals surface area (Å²) in [7, 11) is 0. The molecule has 0 aromatic heterocycles. The van der Waals surface area contributed by atoms with Gasteiger partial charge in [0.05, 0.1) is 0 Å². The molecule has 2 saturated heterocycles. The van der Waals surface area contributed by atoms with Crippen LogP contribution in [-0.4, -0.2) is 124 Å². The van der Waals surface area contributed by atoms with Crippen molar-refractivity contribution in [3.8, 4) is 23.0 Å². The van der Waals surface area contributed by atoms with Crippen LogP contribution in [0, 0.1) is 11.8 Å². The van der Waals surface area contributed by atoms with Gasteiger partial charge in [-0.2, -0.15) is 0 Å². The third-order valence-electron chi connectivity index (χ3n) is 8.25. The molecule has 2 aromatic rings. The fourth-order valence-corrected chi connectivity index (χ4v) is 5.26. The molecule has 0 aliphatic carbocycles. The minimum Gasteiger partial charge on any atom is -0.504 e. The van der Waals surface area contributed by atoms with Gasteiger partial charge in [0.25, 0.3) is 0 Å². The number of aliphatic hydroxyl groups excluding tert-OH is 6.